The summed E-state index contributed by atoms with van der Waals surface area (Å²) in [4.78, 5) is 1.35. The third-order valence-electron chi connectivity index (χ3n) is 3.75. The lowest BCUT2D eigenvalue weighted by Crippen LogP contribution is -2.17. The third kappa shape index (κ3) is 1.92. The van der Waals surface area contributed by atoms with Gasteiger partial charge >= 0.3 is 0 Å². The highest BCUT2D eigenvalue weighted by Crippen LogP contribution is 2.41. The molecule has 0 aliphatic heterocycles. The summed E-state index contributed by atoms with van der Waals surface area (Å²) in [7, 11) is 0. The number of rotatable bonds is 2. The Kier molecular flexibility index (Phi) is 2.77. The molecule has 2 unspecified atom stereocenters. The van der Waals surface area contributed by atoms with Crippen molar-refractivity contribution in [1.82, 2.24) is 0 Å². The largest absolute Gasteiger partial charge is 0.323 e. The van der Waals surface area contributed by atoms with Crippen molar-refractivity contribution < 1.29 is 0 Å². The van der Waals surface area contributed by atoms with Crippen molar-refractivity contribution in [3.8, 4) is 0 Å². The molecule has 0 spiro atoms. The second-order valence-corrected chi connectivity index (χ2v) is 5.98. The van der Waals surface area contributed by atoms with Crippen molar-refractivity contribution in [3.63, 3.8) is 0 Å². The standard InChI is InChI=1S/C15H17NS/c1-10-8-12(9-17-10)15(16)14-7-6-11-4-2-3-5-13(11)14/h2-5,8-9,14-15H,6-7,16H2,1H3. The van der Waals surface area contributed by atoms with Gasteiger partial charge < -0.3 is 5.73 Å². The summed E-state index contributed by atoms with van der Waals surface area (Å²) in [6.07, 6.45) is 2.37. The van der Waals surface area contributed by atoms with Crippen LogP contribution in [-0.2, 0) is 6.42 Å². The Morgan fingerprint density at radius 1 is 1.35 bits per heavy atom. The van der Waals surface area contributed by atoms with E-state index in [9.17, 15) is 0 Å². The first-order chi connectivity index (χ1) is 8.25. The Bertz CT molecular complexity index is 529. The van der Waals surface area contributed by atoms with Crippen LogP contribution in [0, 0.1) is 6.92 Å². The summed E-state index contributed by atoms with van der Waals surface area (Å²) in [5, 5.41) is 2.21. The smallest absolute Gasteiger partial charge is 0.0373 e. The minimum absolute atomic E-state index is 0.156. The lowest BCUT2D eigenvalue weighted by molar-refractivity contribution is 0.552. The van der Waals surface area contributed by atoms with E-state index in [1.807, 2.05) is 0 Å². The van der Waals surface area contributed by atoms with Crippen LogP contribution >= 0.6 is 11.3 Å². The van der Waals surface area contributed by atoms with Crippen LogP contribution in [0.15, 0.2) is 35.7 Å². The zero-order chi connectivity index (χ0) is 11.8. The van der Waals surface area contributed by atoms with E-state index in [1.165, 1.54) is 34.4 Å². The highest BCUT2D eigenvalue weighted by Gasteiger charge is 2.28. The number of benzene rings is 1. The molecule has 0 saturated heterocycles. The monoisotopic (exact) mass is 243 g/mol. The summed E-state index contributed by atoms with van der Waals surface area (Å²) in [5.41, 5.74) is 10.7. The zero-order valence-corrected chi connectivity index (χ0v) is 10.8. The second-order valence-electron chi connectivity index (χ2n) is 4.86. The molecule has 1 heterocycles. The van der Waals surface area contributed by atoms with Gasteiger partial charge in [0.05, 0.1) is 0 Å². The van der Waals surface area contributed by atoms with Crippen LogP contribution in [0.3, 0.4) is 0 Å². The summed E-state index contributed by atoms with van der Waals surface area (Å²) in [6, 6.07) is 11.1. The molecule has 0 saturated carbocycles. The fourth-order valence-electron chi connectivity index (χ4n) is 2.83. The van der Waals surface area contributed by atoms with Crippen LogP contribution in [-0.4, -0.2) is 0 Å². The van der Waals surface area contributed by atoms with Gasteiger partial charge in [0.25, 0.3) is 0 Å². The summed E-state index contributed by atoms with van der Waals surface area (Å²) >= 11 is 1.79. The Labute approximate surface area is 106 Å². The maximum atomic E-state index is 6.44. The van der Waals surface area contributed by atoms with E-state index in [1.54, 1.807) is 11.3 Å². The van der Waals surface area contributed by atoms with Gasteiger partial charge in [-0.3, -0.25) is 0 Å². The average molecular weight is 243 g/mol. The Hall–Kier alpha value is -1.12. The van der Waals surface area contributed by atoms with Crippen LogP contribution < -0.4 is 5.73 Å². The van der Waals surface area contributed by atoms with Crippen LogP contribution in [0.5, 0.6) is 0 Å². The number of hydrogen-bond donors (Lipinski definition) is 1. The predicted molar refractivity (Wildman–Crippen MR) is 73.5 cm³/mol. The highest BCUT2D eigenvalue weighted by molar-refractivity contribution is 7.10. The third-order valence-corrected chi connectivity index (χ3v) is 4.63. The molecule has 1 aliphatic carbocycles. The van der Waals surface area contributed by atoms with E-state index in [0.717, 1.165) is 0 Å². The number of thiophene rings is 1. The summed E-state index contributed by atoms with van der Waals surface area (Å²) < 4.78 is 0. The minimum atomic E-state index is 0.156. The molecule has 2 atom stereocenters. The number of aryl methyl sites for hydroxylation is 2. The lowest BCUT2D eigenvalue weighted by atomic mass is 9.90. The molecule has 17 heavy (non-hydrogen) atoms. The quantitative estimate of drug-likeness (QED) is 0.853. The van der Waals surface area contributed by atoms with Crippen molar-refractivity contribution in [2.45, 2.75) is 31.7 Å². The van der Waals surface area contributed by atoms with Gasteiger partial charge in [-0.15, -0.1) is 11.3 Å². The SMILES string of the molecule is Cc1cc(C(N)C2CCc3ccccc32)cs1. The van der Waals surface area contributed by atoms with Gasteiger partial charge in [-0.2, -0.15) is 0 Å². The molecule has 1 aromatic carbocycles. The molecule has 0 bridgehead atoms. The highest BCUT2D eigenvalue weighted by atomic mass is 32.1. The first-order valence-electron chi connectivity index (χ1n) is 6.14. The first-order valence-corrected chi connectivity index (χ1v) is 7.02. The maximum absolute atomic E-state index is 6.44. The van der Waals surface area contributed by atoms with Gasteiger partial charge in [0.1, 0.15) is 0 Å². The van der Waals surface area contributed by atoms with E-state index < -0.39 is 0 Å². The molecule has 2 N–H and O–H groups in total. The molecule has 0 fully saturated rings. The van der Waals surface area contributed by atoms with Gasteiger partial charge in [-0.1, -0.05) is 24.3 Å². The van der Waals surface area contributed by atoms with Crippen LogP contribution in [0.4, 0.5) is 0 Å². The normalized spacial score (nSPS) is 20.2. The van der Waals surface area contributed by atoms with Gasteiger partial charge in [0.2, 0.25) is 0 Å². The van der Waals surface area contributed by atoms with E-state index in [4.69, 9.17) is 5.73 Å². The summed E-state index contributed by atoms with van der Waals surface area (Å²) in [6.45, 7) is 2.14. The zero-order valence-electron chi connectivity index (χ0n) is 10.0. The van der Waals surface area contributed by atoms with Crippen molar-refractivity contribution in [2.75, 3.05) is 0 Å². The first kappa shape index (κ1) is 11.0. The van der Waals surface area contributed by atoms with Gasteiger partial charge in [-0.05, 0) is 47.9 Å². The Morgan fingerprint density at radius 3 is 2.94 bits per heavy atom. The van der Waals surface area contributed by atoms with E-state index in [2.05, 4.69) is 42.6 Å². The van der Waals surface area contributed by atoms with E-state index in [-0.39, 0.29) is 6.04 Å². The van der Waals surface area contributed by atoms with E-state index in [0.29, 0.717) is 5.92 Å². The molecular formula is C15H17NS. The van der Waals surface area contributed by atoms with Crippen molar-refractivity contribution in [2.24, 2.45) is 5.73 Å². The molecular weight excluding hydrogens is 226 g/mol. The molecule has 1 nitrogen and oxygen atoms in total. The van der Waals surface area contributed by atoms with Crippen molar-refractivity contribution in [3.05, 3.63) is 57.3 Å². The number of nitrogens with two attached hydrogens (primary N) is 1. The second kappa shape index (κ2) is 4.28. The average Bonchev–Trinajstić information content (AvgIpc) is 2.94. The molecule has 88 valence electrons. The Balaban J connectivity index is 1.92. The molecule has 1 aromatic heterocycles. The number of hydrogen-bond acceptors (Lipinski definition) is 2. The molecule has 3 rings (SSSR count). The van der Waals surface area contributed by atoms with Gasteiger partial charge in [-0.25, -0.2) is 0 Å². The fraction of sp³-hybridized carbons (Fsp3) is 0.333. The number of fused-ring (bicyclic) bond motifs is 1. The summed E-state index contributed by atoms with van der Waals surface area (Å²) in [5.74, 6) is 0.500. The van der Waals surface area contributed by atoms with Crippen LogP contribution in [0.1, 0.15) is 39.9 Å². The molecule has 2 aromatic rings. The van der Waals surface area contributed by atoms with Crippen LogP contribution in [0.2, 0.25) is 0 Å². The molecule has 2 heteroatoms. The molecule has 0 amide bonds. The van der Waals surface area contributed by atoms with Gasteiger partial charge in [0.15, 0.2) is 0 Å². The van der Waals surface area contributed by atoms with E-state index >= 15 is 0 Å². The molecule has 1 aliphatic rings. The fourth-order valence-corrected chi connectivity index (χ4v) is 3.59. The lowest BCUT2D eigenvalue weighted by Gasteiger charge is -2.19. The van der Waals surface area contributed by atoms with Gasteiger partial charge in [0, 0.05) is 16.8 Å². The Morgan fingerprint density at radius 2 is 2.18 bits per heavy atom. The maximum Gasteiger partial charge on any atom is 0.0373 e. The topological polar surface area (TPSA) is 26.0 Å². The van der Waals surface area contributed by atoms with Crippen molar-refractivity contribution >= 4 is 11.3 Å². The van der Waals surface area contributed by atoms with Crippen molar-refractivity contribution in [1.29, 1.82) is 0 Å². The molecule has 0 radical (unpaired) electrons. The minimum Gasteiger partial charge on any atom is -0.323 e. The van der Waals surface area contributed by atoms with Crippen LogP contribution in [0.25, 0.3) is 0 Å². The predicted octanol–water partition coefficient (Wildman–Crippen LogP) is 3.79.